The predicted molar refractivity (Wildman–Crippen MR) is 126 cm³/mol. The summed E-state index contributed by atoms with van der Waals surface area (Å²) in [5.74, 6) is -0.600. The molecule has 3 rings (SSSR count). The van der Waals surface area contributed by atoms with Crippen LogP contribution in [-0.4, -0.2) is 35.7 Å². The van der Waals surface area contributed by atoms with Gasteiger partial charge in [-0.1, -0.05) is 59.6 Å². The quantitative estimate of drug-likeness (QED) is 0.519. The first-order valence-electron chi connectivity index (χ1n) is 9.72. The first-order valence-corrected chi connectivity index (χ1v) is 10.5. The minimum atomic E-state index is -0.772. The van der Waals surface area contributed by atoms with Crippen LogP contribution < -0.4 is 21.9 Å². The first kappa shape index (κ1) is 23.6. The monoisotopic (exact) mass is 476 g/mol. The number of carbonyl (C=O) groups is 1. The highest BCUT2D eigenvalue weighted by Crippen LogP contribution is 2.26. The van der Waals surface area contributed by atoms with Crippen molar-refractivity contribution >= 4 is 40.6 Å². The van der Waals surface area contributed by atoms with Crippen LogP contribution in [0.2, 0.25) is 10.0 Å². The van der Waals surface area contributed by atoms with Crippen LogP contribution in [0.15, 0.2) is 58.1 Å². The summed E-state index contributed by atoms with van der Waals surface area (Å²) in [5, 5.41) is 0.655. The lowest BCUT2D eigenvalue weighted by atomic mass is 10.1. The van der Waals surface area contributed by atoms with Gasteiger partial charge in [0.05, 0.1) is 19.6 Å². The number of nitrogen functional groups attached to an aromatic ring is 1. The molecule has 0 fully saturated rings. The van der Waals surface area contributed by atoms with Crippen molar-refractivity contribution in [2.24, 2.45) is 0 Å². The molecular weight excluding hydrogens is 455 g/mol. The number of amides is 1. The molecule has 0 aliphatic heterocycles. The van der Waals surface area contributed by atoms with E-state index in [9.17, 15) is 14.4 Å². The summed E-state index contributed by atoms with van der Waals surface area (Å²) in [4.78, 5) is 41.9. The molecule has 8 nitrogen and oxygen atoms in total. The zero-order valence-electron chi connectivity index (χ0n) is 17.3. The van der Waals surface area contributed by atoms with Crippen molar-refractivity contribution in [3.05, 3.63) is 90.5 Å². The molecule has 0 radical (unpaired) electrons. The average Bonchev–Trinajstić information content (AvgIpc) is 2.76. The molecule has 1 heterocycles. The molecule has 0 bridgehead atoms. The SMILES string of the molecule is COCCN(C(=O)Cc1c(Cl)cccc1Cl)c1c(N)n(Cc2ccccc2)c(=O)[nH]c1=O. The van der Waals surface area contributed by atoms with E-state index < -0.39 is 17.2 Å². The lowest BCUT2D eigenvalue weighted by molar-refractivity contribution is -0.118. The van der Waals surface area contributed by atoms with Crippen LogP contribution in [0, 0.1) is 0 Å². The number of aromatic amines is 1. The van der Waals surface area contributed by atoms with E-state index in [2.05, 4.69) is 4.98 Å². The second-order valence-corrected chi connectivity index (χ2v) is 7.79. The Balaban J connectivity index is 2.05. The molecular formula is C22H22Cl2N4O4. The maximum atomic E-state index is 13.2. The third-order valence-corrected chi connectivity index (χ3v) is 5.59. The fraction of sp³-hybridized carbons (Fsp3) is 0.227. The molecule has 0 saturated heterocycles. The van der Waals surface area contributed by atoms with Gasteiger partial charge in [0.2, 0.25) is 5.91 Å². The van der Waals surface area contributed by atoms with Crippen molar-refractivity contribution in [3.63, 3.8) is 0 Å². The number of H-pyrrole nitrogens is 1. The van der Waals surface area contributed by atoms with Gasteiger partial charge in [-0.2, -0.15) is 0 Å². The molecule has 0 spiro atoms. The van der Waals surface area contributed by atoms with Crippen LogP contribution in [0.4, 0.5) is 11.5 Å². The van der Waals surface area contributed by atoms with E-state index in [1.807, 2.05) is 30.3 Å². The van der Waals surface area contributed by atoms with Crippen molar-refractivity contribution in [1.82, 2.24) is 9.55 Å². The molecule has 1 amide bonds. The van der Waals surface area contributed by atoms with Gasteiger partial charge in [-0.25, -0.2) is 4.79 Å². The molecule has 32 heavy (non-hydrogen) atoms. The number of rotatable bonds is 8. The lowest BCUT2D eigenvalue weighted by Gasteiger charge is -2.24. The standard InChI is InChI=1S/C22H22Cl2N4O4/c1-32-11-10-27(18(29)12-15-16(23)8-5-9-17(15)24)19-20(25)28(22(31)26-21(19)30)13-14-6-3-2-4-7-14/h2-9H,10-13,25H2,1H3,(H,26,30,31). The maximum Gasteiger partial charge on any atom is 0.330 e. The molecule has 0 atom stereocenters. The zero-order valence-corrected chi connectivity index (χ0v) is 18.8. The van der Waals surface area contributed by atoms with Crippen LogP contribution in [-0.2, 0) is 22.5 Å². The largest absolute Gasteiger partial charge is 0.383 e. The molecule has 3 aromatic rings. The fourth-order valence-corrected chi connectivity index (χ4v) is 3.78. The Hall–Kier alpha value is -3.07. The molecule has 1 aromatic heterocycles. The number of nitrogens with one attached hydrogen (secondary N) is 1. The fourth-order valence-electron chi connectivity index (χ4n) is 3.25. The predicted octanol–water partition coefficient (Wildman–Crippen LogP) is 2.70. The van der Waals surface area contributed by atoms with E-state index in [4.69, 9.17) is 33.7 Å². The van der Waals surface area contributed by atoms with E-state index >= 15 is 0 Å². The number of ether oxygens (including phenoxy) is 1. The number of benzene rings is 2. The molecule has 0 saturated carbocycles. The number of methoxy groups -OCH3 is 1. The van der Waals surface area contributed by atoms with E-state index in [-0.39, 0.29) is 37.6 Å². The number of nitrogens with two attached hydrogens (primary N) is 1. The summed E-state index contributed by atoms with van der Waals surface area (Å²) in [6.45, 7) is 0.296. The molecule has 3 N–H and O–H groups in total. The van der Waals surface area contributed by atoms with Gasteiger partial charge in [0.15, 0.2) is 5.69 Å². The first-order chi connectivity index (χ1) is 15.3. The number of hydrogen-bond donors (Lipinski definition) is 2. The number of anilines is 2. The van der Waals surface area contributed by atoms with Gasteiger partial charge < -0.3 is 15.4 Å². The minimum Gasteiger partial charge on any atom is -0.383 e. The average molecular weight is 477 g/mol. The van der Waals surface area contributed by atoms with Crippen LogP contribution in [0.25, 0.3) is 0 Å². The van der Waals surface area contributed by atoms with Gasteiger partial charge in [0.1, 0.15) is 5.82 Å². The molecule has 0 unspecified atom stereocenters. The number of hydrogen-bond acceptors (Lipinski definition) is 5. The highest BCUT2D eigenvalue weighted by atomic mass is 35.5. The van der Waals surface area contributed by atoms with Crippen molar-refractivity contribution in [2.75, 3.05) is 30.9 Å². The Bertz CT molecular complexity index is 1200. The van der Waals surface area contributed by atoms with Gasteiger partial charge in [0.25, 0.3) is 5.56 Å². The molecule has 0 aliphatic carbocycles. The highest BCUT2D eigenvalue weighted by molar-refractivity contribution is 6.36. The number of carbonyl (C=O) groups excluding carboxylic acids is 1. The molecule has 2 aromatic carbocycles. The van der Waals surface area contributed by atoms with E-state index in [0.29, 0.717) is 15.6 Å². The summed E-state index contributed by atoms with van der Waals surface area (Å²) in [5.41, 5.74) is 5.90. The van der Waals surface area contributed by atoms with E-state index in [1.54, 1.807) is 18.2 Å². The second kappa shape index (κ2) is 10.5. The second-order valence-electron chi connectivity index (χ2n) is 6.98. The van der Waals surface area contributed by atoms with Gasteiger partial charge in [-0.3, -0.25) is 19.1 Å². The van der Waals surface area contributed by atoms with Crippen LogP contribution in [0.5, 0.6) is 0 Å². The topological polar surface area (TPSA) is 110 Å². The van der Waals surface area contributed by atoms with Crippen LogP contribution in [0.3, 0.4) is 0 Å². The third kappa shape index (κ3) is 5.21. The normalized spacial score (nSPS) is 10.8. The molecule has 0 aliphatic rings. The molecule has 10 heteroatoms. The number of halogens is 2. The smallest absolute Gasteiger partial charge is 0.330 e. The van der Waals surface area contributed by atoms with Gasteiger partial charge in [-0.15, -0.1) is 0 Å². The maximum absolute atomic E-state index is 13.2. The third-order valence-electron chi connectivity index (χ3n) is 4.88. The summed E-state index contributed by atoms with van der Waals surface area (Å²) in [7, 11) is 1.47. The Morgan fingerprint density at radius 3 is 2.38 bits per heavy atom. The summed E-state index contributed by atoms with van der Waals surface area (Å²) < 4.78 is 6.31. The van der Waals surface area contributed by atoms with Gasteiger partial charge in [-0.05, 0) is 23.3 Å². The van der Waals surface area contributed by atoms with Crippen molar-refractivity contribution in [1.29, 1.82) is 0 Å². The molecule has 168 valence electrons. The summed E-state index contributed by atoms with van der Waals surface area (Å²) in [6.07, 6.45) is -0.168. The Morgan fingerprint density at radius 2 is 1.75 bits per heavy atom. The zero-order chi connectivity index (χ0) is 23.3. The Kier molecular flexibility index (Phi) is 7.74. The number of nitrogens with zero attached hydrogens (tertiary/aromatic N) is 2. The van der Waals surface area contributed by atoms with Crippen LogP contribution in [0.1, 0.15) is 11.1 Å². The van der Waals surface area contributed by atoms with Crippen molar-refractivity contribution < 1.29 is 9.53 Å². The number of aromatic nitrogens is 2. The Morgan fingerprint density at radius 1 is 1.09 bits per heavy atom. The van der Waals surface area contributed by atoms with Crippen molar-refractivity contribution in [3.8, 4) is 0 Å². The Labute approximate surface area is 194 Å². The van der Waals surface area contributed by atoms with Crippen LogP contribution >= 0.6 is 23.2 Å². The van der Waals surface area contributed by atoms with Crippen molar-refractivity contribution in [2.45, 2.75) is 13.0 Å². The van der Waals surface area contributed by atoms with Gasteiger partial charge >= 0.3 is 5.69 Å². The lowest BCUT2D eigenvalue weighted by Crippen LogP contribution is -2.43. The van der Waals surface area contributed by atoms with E-state index in [0.717, 1.165) is 5.56 Å². The minimum absolute atomic E-state index is 0.0359. The highest BCUT2D eigenvalue weighted by Gasteiger charge is 2.25. The van der Waals surface area contributed by atoms with E-state index in [1.165, 1.54) is 16.6 Å². The van der Waals surface area contributed by atoms with Gasteiger partial charge in [0, 0.05) is 23.7 Å². The summed E-state index contributed by atoms with van der Waals surface area (Å²) in [6, 6.07) is 14.1. The summed E-state index contributed by atoms with van der Waals surface area (Å²) >= 11 is 12.4.